The van der Waals surface area contributed by atoms with Crippen molar-refractivity contribution < 1.29 is 17.6 Å². The Hall–Kier alpha value is -3.00. The number of carbonyl (C=O) groups excluding carboxylic acids is 1. The quantitative estimate of drug-likeness (QED) is 0.713. The van der Waals surface area contributed by atoms with Crippen LogP contribution >= 0.6 is 0 Å². The molecule has 134 valence electrons. The fourth-order valence-corrected chi connectivity index (χ4v) is 3.40. The van der Waals surface area contributed by atoms with Gasteiger partial charge in [-0.3, -0.25) is 4.79 Å². The molecule has 3 aromatic rings. The molecule has 1 amide bonds. The molecule has 0 atom stereocenters. The molecule has 1 aromatic heterocycles. The second kappa shape index (κ2) is 7.49. The summed E-state index contributed by atoms with van der Waals surface area (Å²) in [4.78, 5) is 12.1. The largest absolute Gasteiger partial charge is 0.411 e. The van der Waals surface area contributed by atoms with E-state index in [4.69, 9.17) is 4.42 Å². The average molecular weight is 371 g/mol. The molecular formula is C18H17N3O4S. The van der Waals surface area contributed by atoms with Crippen molar-refractivity contribution in [1.82, 2.24) is 15.5 Å². The van der Waals surface area contributed by atoms with Crippen LogP contribution in [0.4, 0.5) is 0 Å². The van der Waals surface area contributed by atoms with Crippen molar-refractivity contribution in [3.05, 3.63) is 77.2 Å². The average Bonchev–Trinajstić information content (AvgIpc) is 3.11. The summed E-state index contributed by atoms with van der Waals surface area (Å²) in [5.74, 6) is -0.514. The lowest BCUT2D eigenvalue weighted by Crippen LogP contribution is -2.22. The first-order chi connectivity index (χ1) is 12.4. The lowest BCUT2D eigenvalue weighted by molar-refractivity contribution is 0.0946. The topological polar surface area (TPSA) is 102 Å². The van der Waals surface area contributed by atoms with Gasteiger partial charge in [0.15, 0.2) is 0 Å². The molecule has 8 heteroatoms. The van der Waals surface area contributed by atoms with Crippen LogP contribution in [-0.4, -0.2) is 24.5 Å². The Morgan fingerprint density at radius 1 is 1.04 bits per heavy atom. The summed E-state index contributed by atoms with van der Waals surface area (Å²) in [5, 5.41) is 9.45. The van der Waals surface area contributed by atoms with Crippen LogP contribution in [-0.2, 0) is 22.1 Å². The summed E-state index contributed by atoms with van der Waals surface area (Å²) in [6, 6.07) is 15.8. The van der Waals surface area contributed by atoms with Crippen molar-refractivity contribution in [3.63, 3.8) is 0 Å². The monoisotopic (exact) mass is 371 g/mol. The third kappa shape index (κ3) is 4.34. The van der Waals surface area contributed by atoms with Crippen LogP contribution in [0.5, 0.6) is 0 Å². The number of rotatable bonds is 6. The molecule has 26 heavy (non-hydrogen) atoms. The maximum atomic E-state index is 12.3. The molecule has 1 N–H and O–H groups in total. The van der Waals surface area contributed by atoms with Gasteiger partial charge < -0.3 is 9.73 Å². The van der Waals surface area contributed by atoms with Crippen LogP contribution in [0.1, 0.15) is 27.4 Å². The summed E-state index contributed by atoms with van der Waals surface area (Å²) in [5.41, 5.74) is 2.17. The first-order valence-corrected chi connectivity index (χ1v) is 9.53. The molecule has 2 aromatic carbocycles. The van der Waals surface area contributed by atoms with Crippen LogP contribution in [0, 0.1) is 6.92 Å². The lowest BCUT2D eigenvalue weighted by Gasteiger charge is -2.03. The van der Waals surface area contributed by atoms with E-state index in [2.05, 4.69) is 15.5 Å². The van der Waals surface area contributed by atoms with E-state index < -0.39 is 15.1 Å². The third-order valence-corrected chi connectivity index (χ3v) is 5.04. The molecular weight excluding hydrogens is 354 g/mol. The highest BCUT2D eigenvalue weighted by Crippen LogP contribution is 2.15. The number of nitrogens with zero attached hydrogens (tertiary/aromatic N) is 2. The Labute approximate surface area is 151 Å². The second-order valence-corrected chi connectivity index (χ2v) is 7.62. The maximum absolute atomic E-state index is 12.3. The minimum Gasteiger partial charge on any atom is -0.411 e. The third-order valence-electron chi connectivity index (χ3n) is 3.63. The second-order valence-electron chi connectivity index (χ2n) is 5.76. The Morgan fingerprint density at radius 2 is 1.73 bits per heavy atom. The molecule has 0 fully saturated rings. The van der Waals surface area contributed by atoms with Gasteiger partial charge in [0.1, 0.15) is 0 Å². The Morgan fingerprint density at radius 3 is 2.42 bits per heavy atom. The van der Waals surface area contributed by atoms with E-state index in [-0.39, 0.29) is 24.1 Å². The standard InChI is InChI=1S/C18H17N3O4S/c1-13-7-9-15(10-8-13)17(22)19-11-16-20-21-18(25-16)26(23,24)12-14-5-3-2-4-6-14/h2-10H,11-12H2,1H3,(H,19,22). The fraction of sp³-hybridized carbons (Fsp3) is 0.167. The summed E-state index contributed by atoms with van der Waals surface area (Å²) >= 11 is 0. The molecule has 1 heterocycles. The summed E-state index contributed by atoms with van der Waals surface area (Å²) in [6.45, 7) is 1.87. The van der Waals surface area contributed by atoms with E-state index in [1.165, 1.54) is 0 Å². The number of amides is 1. The zero-order valence-electron chi connectivity index (χ0n) is 14.0. The Balaban J connectivity index is 1.64. The Kier molecular flexibility index (Phi) is 5.13. The van der Waals surface area contributed by atoms with Crippen molar-refractivity contribution in [3.8, 4) is 0 Å². The number of sulfone groups is 1. The van der Waals surface area contributed by atoms with Gasteiger partial charge in [-0.25, -0.2) is 8.42 Å². The minimum absolute atomic E-state index is 0.0251. The van der Waals surface area contributed by atoms with E-state index in [0.717, 1.165) is 5.56 Å². The van der Waals surface area contributed by atoms with Gasteiger partial charge in [0.25, 0.3) is 5.91 Å². The van der Waals surface area contributed by atoms with Crippen molar-refractivity contribution >= 4 is 15.7 Å². The van der Waals surface area contributed by atoms with Crippen molar-refractivity contribution in [2.75, 3.05) is 0 Å². The number of aromatic nitrogens is 2. The molecule has 0 aliphatic carbocycles. The first kappa shape index (κ1) is 17.8. The van der Waals surface area contributed by atoms with Gasteiger partial charge in [0.2, 0.25) is 15.7 Å². The highest BCUT2D eigenvalue weighted by molar-refractivity contribution is 7.90. The molecule has 0 spiro atoms. The number of nitrogens with one attached hydrogen (secondary N) is 1. The van der Waals surface area contributed by atoms with Crippen LogP contribution in [0.2, 0.25) is 0 Å². The molecule has 0 bridgehead atoms. The predicted molar refractivity (Wildman–Crippen MR) is 94.0 cm³/mol. The number of benzene rings is 2. The SMILES string of the molecule is Cc1ccc(C(=O)NCc2nnc(S(=O)(=O)Cc3ccccc3)o2)cc1. The van der Waals surface area contributed by atoms with Gasteiger partial charge in [-0.1, -0.05) is 53.1 Å². The number of hydrogen-bond donors (Lipinski definition) is 1. The van der Waals surface area contributed by atoms with Crippen LogP contribution in [0.25, 0.3) is 0 Å². The molecule has 0 unspecified atom stereocenters. The van der Waals surface area contributed by atoms with Crippen molar-refractivity contribution in [2.24, 2.45) is 0 Å². The van der Waals surface area contributed by atoms with Gasteiger partial charge >= 0.3 is 5.22 Å². The van der Waals surface area contributed by atoms with Gasteiger partial charge in [0, 0.05) is 5.56 Å². The van der Waals surface area contributed by atoms with E-state index in [0.29, 0.717) is 11.1 Å². The molecule has 0 saturated heterocycles. The molecule has 3 rings (SSSR count). The van der Waals surface area contributed by atoms with E-state index >= 15 is 0 Å². The van der Waals surface area contributed by atoms with Crippen molar-refractivity contribution in [2.45, 2.75) is 24.4 Å². The van der Waals surface area contributed by atoms with Crippen LogP contribution < -0.4 is 5.32 Å². The molecule has 0 radical (unpaired) electrons. The summed E-state index contributed by atoms with van der Waals surface area (Å²) < 4.78 is 29.8. The van der Waals surface area contributed by atoms with Crippen LogP contribution in [0.3, 0.4) is 0 Å². The van der Waals surface area contributed by atoms with E-state index in [1.54, 1.807) is 42.5 Å². The summed E-state index contributed by atoms with van der Waals surface area (Å²) in [7, 11) is -3.74. The molecule has 0 aliphatic heterocycles. The number of aryl methyl sites for hydroxylation is 1. The molecule has 0 saturated carbocycles. The highest BCUT2D eigenvalue weighted by Gasteiger charge is 2.23. The molecule has 0 aliphatic rings. The van der Waals surface area contributed by atoms with E-state index in [1.807, 2.05) is 19.1 Å². The minimum atomic E-state index is -3.74. The fourth-order valence-electron chi connectivity index (χ4n) is 2.25. The zero-order chi connectivity index (χ0) is 18.6. The van der Waals surface area contributed by atoms with Crippen molar-refractivity contribution in [1.29, 1.82) is 0 Å². The number of carbonyl (C=O) groups is 1. The predicted octanol–water partition coefficient (Wildman–Crippen LogP) is 2.28. The lowest BCUT2D eigenvalue weighted by atomic mass is 10.1. The van der Waals surface area contributed by atoms with Gasteiger partial charge in [-0.05, 0) is 24.6 Å². The normalized spacial score (nSPS) is 11.3. The molecule has 7 nitrogen and oxygen atoms in total. The first-order valence-electron chi connectivity index (χ1n) is 7.88. The van der Waals surface area contributed by atoms with Crippen LogP contribution in [0.15, 0.2) is 64.2 Å². The highest BCUT2D eigenvalue weighted by atomic mass is 32.2. The Bertz CT molecular complexity index is 996. The van der Waals surface area contributed by atoms with Gasteiger partial charge in [-0.2, -0.15) is 0 Å². The zero-order valence-corrected chi connectivity index (χ0v) is 14.9. The summed E-state index contributed by atoms with van der Waals surface area (Å²) in [6.07, 6.45) is 0. The maximum Gasteiger partial charge on any atom is 0.335 e. The smallest absolute Gasteiger partial charge is 0.335 e. The van der Waals surface area contributed by atoms with E-state index in [9.17, 15) is 13.2 Å². The van der Waals surface area contributed by atoms with Gasteiger partial charge in [-0.15, -0.1) is 5.10 Å². The number of hydrogen-bond acceptors (Lipinski definition) is 6. The van der Waals surface area contributed by atoms with Gasteiger partial charge in [0.05, 0.1) is 12.3 Å².